The monoisotopic (exact) mass is 195 g/mol. The molecule has 0 saturated heterocycles. The fourth-order valence-electron chi connectivity index (χ4n) is 0.826. The number of primary amides is 1. The zero-order valence-electron chi connectivity index (χ0n) is 6.54. The van der Waals surface area contributed by atoms with Crippen molar-refractivity contribution >= 4 is 23.3 Å². The molecule has 0 atom stereocenters. The van der Waals surface area contributed by atoms with Crippen molar-refractivity contribution in [3.8, 4) is 6.07 Å². The van der Waals surface area contributed by atoms with Crippen molar-refractivity contribution in [1.29, 1.82) is 5.26 Å². The van der Waals surface area contributed by atoms with E-state index in [1.807, 2.05) is 6.07 Å². The van der Waals surface area contributed by atoms with Gasteiger partial charge in [0, 0.05) is 5.69 Å². The summed E-state index contributed by atoms with van der Waals surface area (Å²) in [7, 11) is 0. The van der Waals surface area contributed by atoms with Crippen LogP contribution in [0.1, 0.15) is 5.56 Å². The number of carbonyl (C=O) groups excluding carboxylic acids is 1. The second kappa shape index (κ2) is 3.78. The molecule has 5 heteroatoms. The lowest BCUT2D eigenvalue weighted by Gasteiger charge is -2.01. The minimum Gasteiger partial charge on any atom is -0.351 e. The summed E-state index contributed by atoms with van der Waals surface area (Å²) < 4.78 is 0. The molecule has 0 saturated carbocycles. The number of carbonyl (C=O) groups is 1. The van der Waals surface area contributed by atoms with E-state index >= 15 is 0 Å². The fourth-order valence-corrected chi connectivity index (χ4v) is 1.05. The van der Waals surface area contributed by atoms with Crippen LogP contribution >= 0.6 is 11.6 Å². The van der Waals surface area contributed by atoms with Gasteiger partial charge in [0.1, 0.15) is 6.07 Å². The molecule has 1 aromatic rings. The van der Waals surface area contributed by atoms with E-state index in [-0.39, 0.29) is 5.02 Å². The van der Waals surface area contributed by atoms with Crippen LogP contribution in [0.4, 0.5) is 10.5 Å². The molecule has 0 fully saturated rings. The Hall–Kier alpha value is -1.73. The lowest BCUT2D eigenvalue weighted by molar-refractivity contribution is 0.259. The van der Waals surface area contributed by atoms with E-state index in [2.05, 4.69) is 5.32 Å². The molecule has 66 valence electrons. The summed E-state index contributed by atoms with van der Waals surface area (Å²) in [5.74, 6) is 0. The van der Waals surface area contributed by atoms with Crippen molar-refractivity contribution < 1.29 is 4.79 Å². The summed E-state index contributed by atoms with van der Waals surface area (Å²) in [5, 5.41) is 11.2. The summed E-state index contributed by atoms with van der Waals surface area (Å²) in [5.41, 5.74) is 5.71. The van der Waals surface area contributed by atoms with Gasteiger partial charge in [-0.3, -0.25) is 0 Å². The third kappa shape index (κ3) is 2.36. The van der Waals surface area contributed by atoms with Crippen molar-refractivity contribution in [1.82, 2.24) is 0 Å². The number of urea groups is 1. The van der Waals surface area contributed by atoms with Crippen LogP contribution in [0.5, 0.6) is 0 Å². The van der Waals surface area contributed by atoms with Crippen molar-refractivity contribution in [2.24, 2.45) is 5.73 Å². The summed E-state index contributed by atoms with van der Waals surface area (Å²) in [6.07, 6.45) is 0. The number of nitrogens with two attached hydrogens (primary N) is 1. The van der Waals surface area contributed by atoms with Crippen LogP contribution < -0.4 is 11.1 Å². The Labute approximate surface area is 79.9 Å². The van der Waals surface area contributed by atoms with Gasteiger partial charge < -0.3 is 11.1 Å². The van der Waals surface area contributed by atoms with E-state index in [9.17, 15) is 4.79 Å². The van der Waals surface area contributed by atoms with Crippen LogP contribution in [0.2, 0.25) is 5.02 Å². The van der Waals surface area contributed by atoms with Crippen LogP contribution in [-0.2, 0) is 0 Å². The number of rotatable bonds is 1. The molecule has 2 amide bonds. The minimum atomic E-state index is -0.666. The number of anilines is 1. The van der Waals surface area contributed by atoms with E-state index in [0.717, 1.165) is 0 Å². The van der Waals surface area contributed by atoms with Crippen LogP contribution in [0, 0.1) is 11.3 Å². The van der Waals surface area contributed by atoms with Crippen molar-refractivity contribution in [3.05, 3.63) is 28.8 Å². The highest BCUT2D eigenvalue weighted by Crippen LogP contribution is 2.19. The molecule has 0 aliphatic carbocycles. The standard InChI is InChI=1S/C8H6ClN3O/c9-7-3-6(12-8(11)13)2-1-5(7)4-10/h1-3H,(H3,11,12,13). The molecule has 0 aliphatic heterocycles. The van der Waals surface area contributed by atoms with E-state index in [0.29, 0.717) is 11.3 Å². The second-order valence-corrected chi connectivity index (χ2v) is 2.70. The van der Waals surface area contributed by atoms with Gasteiger partial charge in [-0.1, -0.05) is 11.6 Å². The van der Waals surface area contributed by atoms with Crippen LogP contribution in [0.3, 0.4) is 0 Å². The summed E-state index contributed by atoms with van der Waals surface area (Å²) in [6, 6.07) is 5.76. The highest BCUT2D eigenvalue weighted by Gasteiger charge is 2.01. The Balaban J connectivity index is 2.97. The SMILES string of the molecule is N#Cc1ccc(NC(N)=O)cc1Cl. The van der Waals surface area contributed by atoms with Crippen LogP contribution in [-0.4, -0.2) is 6.03 Å². The summed E-state index contributed by atoms with van der Waals surface area (Å²) >= 11 is 5.70. The van der Waals surface area contributed by atoms with E-state index < -0.39 is 6.03 Å². The third-order valence-corrected chi connectivity index (χ3v) is 1.67. The first-order valence-corrected chi connectivity index (χ1v) is 3.77. The second-order valence-electron chi connectivity index (χ2n) is 2.30. The lowest BCUT2D eigenvalue weighted by Crippen LogP contribution is -2.19. The van der Waals surface area contributed by atoms with E-state index in [4.69, 9.17) is 22.6 Å². The highest BCUT2D eigenvalue weighted by molar-refractivity contribution is 6.32. The number of benzene rings is 1. The molecule has 0 heterocycles. The number of amides is 2. The number of hydrogen-bond donors (Lipinski definition) is 2. The Kier molecular flexibility index (Phi) is 2.72. The maximum absolute atomic E-state index is 10.4. The average Bonchev–Trinajstić information content (AvgIpc) is 2.03. The van der Waals surface area contributed by atoms with Gasteiger partial charge in [-0.15, -0.1) is 0 Å². The summed E-state index contributed by atoms with van der Waals surface area (Å²) in [4.78, 5) is 10.4. The van der Waals surface area contributed by atoms with Gasteiger partial charge in [-0.2, -0.15) is 5.26 Å². The average molecular weight is 196 g/mol. The zero-order valence-corrected chi connectivity index (χ0v) is 7.30. The van der Waals surface area contributed by atoms with E-state index in [1.54, 1.807) is 6.07 Å². The number of hydrogen-bond acceptors (Lipinski definition) is 2. The van der Waals surface area contributed by atoms with Gasteiger partial charge in [0.05, 0.1) is 10.6 Å². The number of nitrogens with zero attached hydrogens (tertiary/aromatic N) is 1. The maximum atomic E-state index is 10.4. The summed E-state index contributed by atoms with van der Waals surface area (Å²) in [6.45, 7) is 0. The normalized spacial score (nSPS) is 8.92. The minimum absolute atomic E-state index is 0.286. The predicted octanol–water partition coefficient (Wildman–Crippen LogP) is 1.70. The quantitative estimate of drug-likeness (QED) is 0.715. The zero-order chi connectivity index (χ0) is 9.84. The van der Waals surface area contributed by atoms with Crippen molar-refractivity contribution in [2.75, 3.05) is 5.32 Å². The Morgan fingerprint density at radius 2 is 2.31 bits per heavy atom. The molecule has 0 unspecified atom stereocenters. The molecular formula is C8H6ClN3O. The molecular weight excluding hydrogens is 190 g/mol. The predicted molar refractivity (Wildman–Crippen MR) is 49.4 cm³/mol. The number of nitriles is 1. The van der Waals surface area contributed by atoms with Crippen LogP contribution in [0.25, 0.3) is 0 Å². The molecule has 3 N–H and O–H groups in total. The highest BCUT2D eigenvalue weighted by atomic mass is 35.5. The third-order valence-electron chi connectivity index (χ3n) is 1.36. The maximum Gasteiger partial charge on any atom is 0.316 e. The smallest absolute Gasteiger partial charge is 0.316 e. The van der Waals surface area contributed by atoms with Gasteiger partial charge in [0.25, 0.3) is 0 Å². The van der Waals surface area contributed by atoms with Crippen molar-refractivity contribution in [2.45, 2.75) is 0 Å². The van der Waals surface area contributed by atoms with Gasteiger partial charge >= 0.3 is 6.03 Å². The Bertz CT molecular complexity index is 383. The first-order valence-electron chi connectivity index (χ1n) is 3.39. The van der Waals surface area contributed by atoms with Gasteiger partial charge in [-0.25, -0.2) is 4.79 Å². The Morgan fingerprint density at radius 1 is 1.62 bits per heavy atom. The first-order chi connectivity index (χ1) is 6.13. The fraction of sp³-hybridized carbons (Fsp3) is 0. The Morgan fingerprint density at radius 3 is 2.77 bits per heavy atom. The number of halogens is 1. The van der Waals surface area contributed by atoms with Gasteiger partial charge in [0.15, 0.2) is 0 Å². The molecule has 0 aliphatic rings. The van der Waals surface area contributed by atoms with Gasteiger partial charge in [0.2, 0.25) is 0 Å². The molecule has 0 radical (unpaired) electrons. The molecule has 0 aromatic heterocycles. The first kappa shape index (κ1) is 9.36. The largest absolute Gasteiger partial charge is 0.351 e. The van der Waals surface area contributed by atoms with E-state index in [1.165, 1.54) is 12.1 Å². The topological polar surface area (TPSA) is 78.9 Å². The molecule has 4 nitrogen and oxygen atoms in total. The molecule has 0 bridgehead atoms. The van der Waals surface area contributed by atoms with Crippen molar-refractivity contribution in [3.63, 3.8) is 0 Å². The molecule has 1 rings (SSSR count). The molecule has 1 aromatic carbocycles. The lowest BCUT2D eigenvalue weighted by atomic mass is 10.2. The number of nitrogens with one attached hydrogen (secondary N) is 1. The van der Waals surface area contributed by atoms with Crippen LogP contribution in [0.15, 0.2) is 18.2 Å². The molecule has 13 heavy (non-hydrogen) atoms. The van der Waals surface area contributed by atoms with Gasteiger partial charge in [-0.05, 0) is 18.2 Å². The molecule has 0 spiro atoms.